The number of carbonyl (C=O) groups excluding carboxylic acids is 2. The third kappa shape index (κ3) is 5.84. The molecule has 0 fully saturated rings. The van der Waals surface area contributed by atoms with Crippen molar-refractivity contribution in [2.45, 2.75) is 19.8 Å². The summed E-state index contributed by atoms with van der Waals surface area (Å²) in [5.74, 6) is -0.433. The van der Waals surface area contributed by atoms with E-state index >= 15 is 0 Å². The summed E-state index contributed by atoms with van der Waals surface area (Å²) >= 11 is 0. The van der Waals surface area contributed by atoms with Gasteiger partial charge in [0.25, 0.3) is 0 Å². The van der Waals surface area contributed by atoms with Gasteiger partial charge in [0, 0.05) is 13.1 Å². The lowest BCUT2D eigenvalue weighted by Gasteiger charge is -2.21. The molecule has 0 aliphatic heterocycles. The van der Waals surface area contributed by atoms with Crippen molar-refractivity contribution in [1.82, 2.24) is 4.90 Å². The highest BCUT2D eigenvalue weighted by Gasteiger charge is 2.15. The second kappa shape index (κ2) is 9.09. The maximum atomic E-state index is 12.1. The van der Waals surface area contributed by atoms with E-state index in [-0.39, 0.29) is 44.4 Å². The van der Waals surface area contributed by atoms with Gasteiger partial charge >= 0.3 is 5.97 Å². The van der Waals surface area contributed by atoms with E-state index in [1.165, 1.54) is 4.90 Å². The van der Waals surface area contributed by atoms with Crippen LogP contribution in [0.5, 0.6) is 0 Å². The van der Waals surface area contributed by atoms with Crippen LogP contribution < -0.4 is 0 Å². The molecule has 1 amide bonds. The van der Waals surface area contributed by atoms with Gasteiger partial charge in [-0.1, -0.05) is 30.3 Å². The number of aliphatic hydroxyl groups excluding tert-OH is 1. The lowest BCUT2D eigenvalue weighted by atomic mass is 10.1. The highest BCUT2D eigenvalue weighted by atomic mass is 16.5. The molecular weight excluding hydrogens is 258 g/mol. The van der Waals surface area contributed by atoms with Gasteiger partial charge in [-0.05, 0) is 12.5 Å². The SMILES string of the molecule is CCOC(=O)CCN(CCO)C(=O)Cc1ccccc1. The molecule has 20 heavy (non-hydrogen) atoms. The molecule has 5 heteroatoms. The van der Waals surface area contributed by atoms with Crippen molar-refractivity contribution in [1.29, 1.82) is 0 Å². The molecule has 0 unspecified atom stereocenters. The highest BCUT2D eigenvalue weighted by Crippen LogP contribution is 2.04. The number of benzene rings is 1. The van der Waals surface area contributed by atoms with Gasteiger partial charge in [0.1, 0.15) is 0 Å². The molecule has 0 aliphatic rings. The Morgan fingerprint density at radius 2 is 1.90 bits per heavy atom. The first kappa shape index (κ1) is 16.2. The van der Waals surface area contributed by atoms with Crippen LogP contribution >= 0.6 is 0 Å². The molecule has 0 radical (unpaired) electrons. The molecule has 0 spiro atoms. The van der Waals surface area contributed by atoms with Crippen molar-refractivity contribution < 1.29 is 19.4 Å². The number of rotatable bonds is 8. The average Bonchev–Trinajstić information content (AvgIpc) is 2.44. The summed E-state index contributed by atoms with van der Waals surface area (Å²) in [5, 5.41) is 9.01. The number of ether oxygens (including phenoxy) is 1. The predicted octanol–water partition coefficient (Wildman–Crippen LogP) is 1.00. The normalized spacial score (nSPS) is 10.1. The van der Waals surface area contributed by atoms with Gasteiger partial charge in [0.15, 0.2) is 0 Å². The number of hydrogen-bond donors (Lipinski definition) is 1. The summed E-state index contributed by atoms with van der Waals surface area (Å²) < 4.78 is 4.83. The van der Waals surface area contributed by atoms with E-state index in [2.05, 4.69) is 0 Å². The van der Waals surface area contributed by atoms with Crippen molar-refractivity contribution >= 4 is 11.9 Å². The van der Waals surface area contributed by atoms with Gasteiger partial charge in [0.2, 0.25) is 5.91 Å². The van der Waals surface area contributed by atoms with Crippen LogP contribution in [0.3, 0.4) is 0 Å². The number of amides is 1. The minimum Gasteiger partial charge on any atom is -0.466 e. The van der Waals surface area contributed by atoms with Crippen LogP contribution in [0.2, 0.25) is 0 Å². The molecule has 1 rings (SSSR count). The average molecular weight is 279 g/mol. The van der Waals surface area contributed by atoms with Crippen LogP contribution in [-0.2, 0) is 20.7 Å². The van der Waals surface area contributed by atoms with Gasteiger partial charge in [-0.2, -0.15) is 0 Å². The van der Waals surface area contributed by atoms with Crippen LogP contribution in [0, 0.1) is 0 Å². The number of aliphatic hydroxyl groups is 1. The Hall–Kier alpha value is -1.88. The molecule has 5 nitrogen and oxygen atoms in total. The van der Waals surface area contributed by atoms with Crippen LogP contribution in [0.4, 0.5) is 0 Å². The van der Waals surface area contributed by atoms with Crippen LogP contribution in [-0.4, -0.2) is 48.2 Å². The van der Waals surface area contributed by atoms with Crippen LogP contribution in [0.25, 0.3) is 0 Å². The Morgan fingerprint density at radius 1 is 1.20 bits per heavy atom. The third-order valence-corrected chi connectivity index (χ3v) is 2.81. The van der Waals surface area contributed by atoms with Gasteiger partial charge < -0.3 is 14.7 Å². The molecule has 0 heterocycles. The molecule has 1 N–H and O–H groups in total. The van der Waals surface area contributed by atoms with E-state index in [0.717, 1.165) is 5.56 Å². The van der Waals surface area contributed by atoms with E-state index in [0.29, 0.717) is 6.61 Å². The maximum Gasteiger partial charge on any atom is 0.307 e. The van der Waals surface area contributed by atoms with Crippen LogP contribution in [0.15, 0.2) is 30.3 Å². The van der Waals surface area contributed by atoms with Gasteiger partial charge in [-0.3, -0.25) is 9.59 Å². The fourth-order valence-corrected chi connectivity index (χ4v) is 1.82. The Labute approximate surface area is 119 Å². The summed E-state index contributed by atoms with van der Waals surface area (Å²) in [4.78, 5) is 24.9. The van der Waals surface area contributed by atoms with Crippen molar-refractivity contribution in [3.05, 3.63) is 35.9 Å². The first-order valence-corrected chi connectivity index (χ1v) is 6.75. The zero-order valence-corrected chi connectivity index (χ0v) is 11.7. The zero-order chi connectivity index (χ0) is 14.8. The summed E-state index contributed by atoms with van der Waals surface area (Å²) in [7, 11) is 0. The molecule has 1 aromatic carbocycles. The molecule has 0 saturated heterocycles. The first-order valence-electron chi connectivity index (χ1n) is 6.75. The second-order valence-corrected chi connectivity index (χ2v) is 4.32. The molecular formula is C15H21NO4. The Bertz CT molecular complexity index is 419. The largest absolute Gasteiger partial charge is 0.466 e. The van der Waals surface area contributed by atoms with Crippen LogP contribution in [0.1, 0.15) is 18.9 Å². The summed E-state index contributed by atoms with van der Waals surface area (Å²) in [6.45, 7) is 2.44. The van der Waals surface area contributed by atoms with Crippen molar-refractivity contribution in [3.63, 3.8) is 0 Å². The lowest BCUT2D eigenvalue weighted by Crippen LogP contribution is -2.36. The Morgan fingerprint density at radius 3 is 2.50 bits per heavy atom. The topological polar surface area (TPSA) is 66.8 Å². The molecule has 0 aromatic heterocycles. The zero-order valence-electron chi connectivity index (χ0n) is 11.7. The maximum absolute atomic E-state index is 12.1. The third-order valence-electron chi connectivity index (χ3n) is 2.81. The minimum atomic E-state index is -0.331. The molecule has 110 valence electrons. The van der Waals surface area contributed by atoms with Gasteiger partial charge in [-0.15, -0.1) is 0 Å². The quantitative estimate of drug-likeness (QED) is 0.721. The van der Waals surface area contributed by atoms with E-state index < -0.39 is 0 Å². The molecule has 0 atom stereocenters. The Kier molecular flexibility index (Phi) is 7.35. The first-order chi connectivity index (χ1) is 9.67. The summed E-state index contributed by atoms with van der Waals surface area (Å²) in [6.07, 6.45) is 0.415. The highest BCUT2D eigenvalue weighted by molar-refractivity contribution is 5.79. The van der Waals surface area contributed by atoms with E-state index in [4.69, 9.17) is 9.84 Å². The van der Waals surface area contributed by atoms with Gasteiger partial charge in [0.05, 0.1) is 26.1 Å². The molecule has 0 aliphatic carbocycles. The van der Waals surface area contributed by atoms with E-state index in [9.17, 15) is 9.59 Å². The van der Waals surface area contributed by atoms with Crippen molar-refractivity contribution in [2.75, 3.05) is 26.3 Å². The standard InChI is InChI=1S/C15H21NO4/c1-2-20-15(19)8-9-16(10-11-17)14(18)12-13-6-4-3-5-7-13/h3-7,17H,2,8-12H2,1H3. The van der Waals surface area contributed by atoms with Crippen molar-refractivity contribution in [2.24, 2.45) is 0 Å². The van der Waals surface area contributed by atoms with Crippen molar-refractivity contribution in [3.8, 4) is 0 Å². The molecule has 1 aromatic rings. The smallest absolute Gasteiger partial charge is 0.307 e. The second-order valence-electron chi connectivity index (χ2n) is 4.32. The number of carbonyl (C=O) groups is 2. The van der Waals surface area contributed by atoms with E-state index in [1.54, 1.807) is 6.92 Å². The Balaban J connectivity index is 2.51. The van der Waals surface area contributed by atoms with E-state index in [1.807, 2.05) is 30.3 Å². The number of hydrogen-bond acceptors (Lipinski definition) is 4. The monoisotopic (exact) mass is 279 g/mol. The minimum absolute atomic E-state index is 0.102. The lowest BCUT2D eigenvalue weighted by molar-refractivity contribution is -0.144. The molecule has 0 saturated carbocycles. The van der Waals surface area contributed by atoms with Gasteiger partial charge in [-0.25, -0.2) is 0 Å². The molecule has 0 bridgehead atoms. The summed E-state index contributed by atoms with van der Waals surface area (Å²) in [6, 6.07) is 9.39. The summed E-state index contributed by atoms with van der Waals surface area (Å²) in [5.41, 5.74) is 0.913. The fraction of sp³-hybridized carbons (Fsp3) is 0.467. The number of nitrogens with zero attached hydrogens (tertiary/aromatic N) is 1. The number of esters is 1. The predicted molar refractivity (Wildman–Crippen MR) is 75.1 cm³/mol. The fourth-order valence-electron chi connectivity index (χ4n) is 1.82.